The SMILES string of the molecule is O=C(O)CCCCCCCCC(=O)OC1OC2OC12. The maximum absolute atomic E-state index is 11.4. The van der Waals surface area contributed by atoms with Gasteiger partial charge in [0.25, 0.3) is 0 Å². The summed E-state index contributed by atoms with van der Waals surface area (Å²) in [5.41, 5.74) is 0. The van der Waals surface area contributed by atoms with Gasteiger partial charge in [-0.1, -0.05) is 25.7 Å². The number of hydrogen-bond donors (Lipinski definition) is 1. The second-order valence-corrected chi connectivity index (χ2v) is 4.98. The van der Waals surface area contributed by atoms with Gasteiger partial charge in [-0.3, -0.25) is 9.59 Å². The van der Waals surface area contributed by atoms with Gasteiger partial charge in [-0.25, -0.2) is 0 Å². The molecule has 1 N–H and O–H groups in total. The van der Waals surface area contributed by atoms with Crippen LogP contribution in [-0.2, 0) is 23.8 Å². The van der Waals surface area contributed by atoms with Gasteiger partial charge in [0.05, 0.1) is 0 Å². The summed E-state index contributed by atoms with van der Waals surface area (Å²) in [6, 6.07) is 0. The lowest BCUT2D eigenvalue weighted by Gasteiger charge is -2.20. The Kier molecular flexibility index (Phi) is 5.15. The van der Waals surface area contributed by atoms with E-state index in [4.69, 9.17) is 19.3 Å². The summed E-state index contributed by atoms with van der Waals surface area (Å²) in [4.78, 5) is 21.7. The van der Waals surface area contributed by atoms with Crippen LogP contribution in [0.4, 0.5) is 0 Å². The number of aliphatic carboxylic acids is 1. The molecule has 0 aromatic carbocycles. The van der Waals surface area contributed by atoms with Crippen LogP contribution in [0.25, 0.3) is 0 Å². The first kappa shape index (κ1) is 14.3. The fourth-order valence-electron chi connectivity index (χ4n) is 2.07. The van der Waals surface area contributed by atoms with Crippen molar-refractivity contribution in [1.82, 2.24) is 0 Å². The maximum Gasteiger partial charge on any atom is 0.308 e. The third kappa shape index (κ3) is 4.80. The topological polar surface area (TPSA) is 85.4 Å². The molecule has 3 unspecified atom stereocenters. The van der Waals surface area contributed by atoms with E-state index in [1.807, 2.05) is 0 Å². The van der Waals surface area contributed by atoms with Crippen molar-refractivity contribution in [3.8, 4) is 0 Å². The van der Waals surface area contributed by atoms with Crippen molar-refractivity contribution in [2.24, 2.45) is 0 Å². The molecule has 0 aromatic heterocycles. The van der Waals surface area contributed by atoms with Gasteiger partial charge in [0, 0.05) is 12.8 Å². The van der Waals surface area contributed by atoms with Gasteiger partial charge in [-0.15, -0.1) is 0 Å². The molecule has 3 atom stereocenters. The summed E-state index contributed by atoms with van der Waals surface area (Å²) in [6.07, 6.45) is 5.54. The van der Waals surface area contributed by atoms with Crippen LogP contribution in [0.3, 0.4) is 0 Å². The molecule has 19 heavy (non-hydrogen) atoms. The van der Waals surface area contributed by atoms with E-state index >= 15 is 0 Å². The number of hydrogen-bond acceptors (Lipinski definition) is 5. The zero-order valence-electron chi connectivity index (χ0n) is 10.9. The molecule has 2 rings (SSSR count). The first-order valence-corrected chi connectivity index (χ1v) is 6.89. The molecular weight excluding hydrogens is 252 g/mol. The van der Waals surface area contributed by atoms with Gasteiger partial charge in [0.2, 0.25) is 6.29 Å². The molecule has 2 heterocycles. The normalized spacial score (nSPS) is 27.3. The summed E-state index contributed by atoms with van der Waals surface area (Å²) < 4.78 is 15.1. The second kappa shape index (κ2) is 6.86. The molecule has 2 fully saturated rings. The average Bonchev–Trinajstić information content (AvgIpc) is 3.00. The van der Waals surface area contributed by atoms with E-state index in [9.17, 15) is 9.59 Å². The lowest BCUT2D eigenvalue weighted by atomic mass is 10.1. The summed E-state index contributed by atoms with van der Waals surface area (Å²) >= 11 is 0. The smallest absolute Gasteiger partial charge is 0.308 e. The molecule has 0 aromatic rings. The number of carboxylic acid groups (broad SMARTS) is 1. The third-order valence-electron chi connectivity index (χ3n) is 3.29. The Bertz CT molecular complexity index is 329. The molecular formula is C13H20O6. The molecule has 2 aliphatic heterocycles. The van der Waals surface area contributed by atoms with Crippen LogP contribution in [-0.4, -0.2) is 35.7 Å². The van der Waals surface area contributed by atoms with Crippen molar-refractivity contribution in [3.05, 3.63) is 0 Å². The maximum atomic E-state index is 11.4. The average molecular weight is 272 g/mol. The fraction of sp³-hybridized carbons (Fsp3) is 0.846. The van der Waals surface area contributed by atoms with Gasteiger partial charge in [0.1, 0.15) is 0 Å². The molecule has 0 amide bonds. The minimum absolute atomic E-state index is 0.0156. The van der Waals surface area contributed by atoms with Gasteiger partial charge < -0.3 is 19.3 Å². The Morgan fingerprint density at radius 3 is 2.11 bits per heavy atom. The number of esters is 1. The summed E-state index contributed by atoms with van der Waals surface area (Å²) in [6.45, 7) is 0. The van der Waals surface area contributed by atoms with E-state index in [2.05, 4.69) is 0 Å². The quantitative estimate of drug-likeness (QED) is 0.371. The highest BCUT2D eigenvalue weighted by atomic mass is 16.9. The number of carbonyl (C=O) groups is 2. The number of rotatable bonds is 10. The van der Waals surface area contributed by atoms with Crippen LogP contribution in [0.5, 0.6) is 0 Å². The highest BCUT2D eigenvalue weighted by molar-refractivity contribution is 5.69. The molecule has 2 aliphatic rings. The van der Waals surface area contributed by atoms with Gasteiger partial charge in [-0.05, 0) is 12.8 Å². The summed E-state index contributed by atoms with van der Waals surface area (Å²) in [5, 5.41) is 8.46. The van der Waals surface area contributed by atoms with Crippen LogP contribution in [0, 0.1) is 0 Å². The summed E-state index contributed by atoms with van der Waals surface area (Å²) in [5.74, 6) is -0.965. The molecule has 6 nitrogen and oxygen atoms in total. The Labute approximate surface area is 112 Å². The molecule has 6 heteroatoms. The van der Waals surface area contributed by atoms with Crippen LogP contribution in [0.1, 0.15) is 51.4 Å². The van der Waals surface area contributed by atoms with E-state index in [0.29, 0.717) is 6.42 Å². The Morgan fingerprint density at radius 2 is 1.58 bits per heavy atom. The van der Waals surface area contributed by atoms with E-state index in [0.717, 1.165) is 38.5 Å². The Balaban J connectivity index is 1.35. The first-order valence-electron chi connectivity index (χ1n) is 6.89. The summed E-state index contributed by atoms with van der Waals surface area (Å²) in [7, 11) is 0. The molecule has 0 aliphatic carbocycles. The number of epoxide rings is 1. The number of unbranched alkanes of at least 4 members (excludes halogenated alkanes) is 5. The Hall–Kier alpha value is -1.14. The van der Waals surface area contributed by atoms with Gasteiger partial charge >= 0.3 is 11.9 Å². The van der Waals surface area contributed by atoms with Crippen molar-refractivity contribution in [1.29, 1.82) is 0 Å². The van der Waals surface area contributed by atoms with Crippen LogP contribution >= 0.6 is 0 Å². The monoisotopic (exact) mass is 272 g/mol. The first-order chi connectivity index (χ1) is 9.16. The second-order valence-electron chi connectivity index (χ2n) is 4.98. The Morgan fingerprint density at radius 1 is 0.947 bits per heavy atom. The van der Waals surface area contributed by atoms with Crippen LogP contribution < -0.4 is 0 Å². The zero-order valence-corrected chi connectivity index (χ0v) is 10.9. The lowest BCUT2D eigenvalue weighted by molar-refractivity contribution is -0.208. The molecule has 0 spiro atoms. The van der Waals surface area contributed by atoms with Crippen molar-refractivity contribution < 1.29 is 28.9 Å². The van der Waals surface area contributed by atoms with Crippen LogP contribution in [0.15, 0.2) is 0 Å². The minimum atomic E-state index is -0.733. The largest absolute Gasteiger partial charge is 0.481 e. The van der Waals surface area contributed by atoms with Crippen molar-refractivity contribution >= 4 is 11.9 Å². The highest BCUT2D eigenvalue weighted by Crippen LogP contribution is 2.40. The molecule has 0 radical (unpaired) electrons. The predicted octanol–water partition coefficient (Wildman–Crippen LogP) is 1.82. The third-order valence-corrected chi connectivity index (χ3v) is 3.29. The number of ether oxygens (including phenoxy) is 3. The van der Waals surface area contributed by atoms with Crippen molar-refractivity contribution in [2.45, 2.75) is 70.1 Å². The molecule has 108 valence electrons. The van der Waals surface area contributed by atoms with E-state index in [1.165, 1.54) is 0 Å². The van der Waals surface area contributed by atoms with Crippen LogP contribution in [0.2, 0.25) is 0 Å². The number of carboxylic acids is 1. The predicted molar refractivity (Wildman–Crippen MR) is 64.2 cm³/mol. The minimum Gasteiger partial charge on any atom is -0.481 e. The van der Waals surface area contributed by atoms with Gasteiger partial charge in [0.15, 0.2) is 12.4 Å². The lowest BCUT2D eigenvalue weighted by Crippen LogP contribution is -2.37. The number of carbonyl (C=O) groups excluding carboxylic acids is 1. The fourth-order valence-corrected chi connectivity index (χ4v) is 2.07. The molecule has 2 saturated heterocycles. The number of fused-ring (bicyclic) bond motifs is 1. The standard InChI is InChI=1S/C13H20O6/c14-9(15)7-5-3-1-2-4-6-8-10(16)17-12-11-13(18-11)19-12/h11-13H,1-8H2,(H,14,15). The highest BCUT2D eigenvalue weighted by Gasteiger charge is 2.60. The van der Waals surface area contributed by atoms with Gasteiger partial charge in [-0.2, -0.15) is 0 Å². The van der Waals surface area contributed by atoms with E-state index in [-0.39, 0.29) is 24.8 Å². The van der Waals surface area contributed by atoms with E-state index in [1.54, 1.807) is 0 Å². The molecule has 0 bridgehead atoms. The molecule has 0 saturated carbocycles. The zero-order chi connectivity index (χ0) is 13.7. The van der Waals surface area contributed by atoms with Crippen molar-refractivity contribution in [2.75, 3.05) is 0 Å². The van der Waals surface area contributed by atoms with Crippen molar-refractivity contribution in [3.63, 3.8) is 0 Å². The van der Waals surface area contributed by atoms with E-state index < -0.39 is 12.3 Å².